The lowest BCUT2D eigenvalue weighted by atomic mass is 10.1. The number of halogens is 1. The number of hydrogen-bond acceptors (Lipinski definition) is 6. The number of rotatable bonds is 7. The molecule has 0 fully saturated rings. The minimum Gasteiger partial charge on any atom is -0.490 e. The van der Waals surface area contributed by atoms with Crippen LogP contribution >= 0.6 is 11.6 Å². The van der Waals surface area contributed by atoms with E-state index in [9.17, 15) is 9.59 Å². The molecular formula is C20H21ClO6. The summed E-state index contributed by atoms with van der Waals surface area (Å²) in [4.78, 5) is 23.4. The highest BCUT2D eigenvalue weighted by Gasteiger charge is 2.15. The van der Waals surface area contributed by atoms with E-state index in [0.717, 1.165) is 5.56 Å². The molecule has 0 aliphatic heterocycles. The quantitative estimate of drug-likeness (QED) is 0.524. The topological polar surface area (TPSA) is 71.1 Å². The highest BCUT2D eigenvalue weighted by molar-refractivity contribution is 6.33. The molecule has 0 radical (unpaired) electrons. The van der Waals surface area contributed by atoms with E-state index in [1.165, 1.54) is 14.2 Å². The molecule has 0 aromatic heterocycles. The van der Waals surface area contributed by atoms with Crippen LogP contribution in [0.15, 0.2) is 30.3 Å². The molecule has 0 aliphatic rings. The minimum absolute atomic E-state index is 0.234. The Morgan fingerprint density at radius 1 is 0.889 bits per heavy atom. The minimum atomic E-state index is -0.454. The van der Waals surface area contributed by atoms with Gasteiger partial charge in [-0.2, -0.15) is 0 Å². The van der Waals surface area contributed by atoms with Crippen molar-refractivity contribution in [1.82, 2.24) is 0 Å². The summed E-state index contributed by atoms with van der Waals surface area (Å²) < 4.78 is 20.7. The molecule has 7 heteroatoms. The second-order valence-corrected chi connectivity index (χ2v) is 6.09. The molecular weight excluding hydrogens is 372 g/mol. The predicted molar refractivity (Wildman–Crippen MR) is 101 cm³/mol. The summed E-state index contributed by atoms with van der Waals surface area (Å²) in [6, 6.07) is 8.40. The largest absolute Gasteiger partial charge is 0.490 e. The molecule has 2 aromatic rings. The summed E-state index contributed by atoms with van der Waals surface area (Å²) in [5.41, 5.74) is 2.23. The Morgan fingerprint density at radius 2 is 1.52 bits per heavy atom. The van der Waals surface area contributed by atoms with Gasteiger partial charge in [-0.25, -0.2) is 9.59 Å². The van der Waals surface area contributed by atoms with Crippen LogP contribution in [0.5, 0.6) is 11.5 Å². The summed E-state index contributed by atoms with van der Waals surface area (Å²) in [7, 11) is 2.65. The highest BCUT2D eigenvalue weighted by Crippen LogP contribution is 2.30. The van der Waals surface area contributed by atoms with Crippen LogP contribution in [0.25, 0.3) is 0 Å². The summed E-state index contributed by atoms with van der Waals surface area (Å²) in [6.45, 7) is 4.02. The number of methoxy groups -OCH3 is 2. The van der Waals surface area contributed by atoms with Crippen LogP contribution in [0.4, 0.5) is 0 Å². The average molecular weight is 393 g/mol. The first-order valence-electron chi connectivity index (χ1n) is 8.21. The molecule has 0 saturated heterocycles. The number of ether oxygens (including phenoxy) is 4. The summed E-state index contributed by atoms with van der Waals surface area (Å²) in [5.74, 6) is 0.115. The first kappa shape index (κ1) is 20.6. The first-order valence-corrected chi connectivity index (χ1v) is 8.58. The van der Waals surface area contributed by atoms with Crippen molar-refractivity contribution < 1.29 is 28.5 Å². The van der Waals surface area contributed by atoms with Crippen molar-refractivity contribution in [3.63, 3.8) is 0 Å². The maximum atomic E-state index is 11.7. The third-order valence-corrected chi connectivity index (χ3v) is 4.45. The van der Waals surface area contributed by atoms with E-state index < -0.39 is 11.9 Å². The van der Waals surface area contributed by atoms with E-state index in [2.05, 4.69) is 0 Å². The maximum absolute atomic E-state index is 11.7. The lowest BCUT2D eigenvalue weighted by molar-refractivity contribution is 0.0590. The fourth-order valence-corrected chi connectivity index (χ4v) is 2.65. The summed E-state index contributed by atoms with van der Waals surface area (Å²) in [5, 5.41) is 0.348. The predicted octanol–water partition coefficient (Wildman–Crippen LogP) is 3.99. The zero-order valence-corrected chi connectivity index (χ0v) is 16.4. The van der Waals surface area contributed by atoms with E-state index in [4.69, 9.17) is 30.5 Å². The third-order valence-electron chi connectivity index (χ3n) is 3.98. The van der Waals surface area contributed by atoms with Crippen LogP contribution in [-0.2, 0) is 9.47 Å². The number of aryl methyl sites for hydroxylation is 1. The molecule has 0 amide bonds. The van der Waals surface area contributed by atoms with Gasteiger partial charge in [-0.1, -0.05) is 17.7 Å². The molecule has 0 N–H and O–H groups in total. The van der Waals surface area contributed by atoms with E-state index in [1.807, 2.05) is 6.92 Å². The van der Waals surface area contributed by atoms with Gasteiger partial charge in [0.2, 0.25) is 0 Å². The molecule has 0 saturated carbocycles. The lowest BCUT2D eigenvalue weighted by Gasteiger charge is -2.13. The van der Waals surface area contributed by atoms with Crippen LogP contribution < -0.4 is 9.47 Å². The molecule has 0 bridgehead atoms. The Bertz CT molecular complexity index is 847. The van der Waals surface area contributed by atoms with Crippen LogP contribution in [-0.4, -0.2) is 39.4 Å². The van der Waals surface area contributed by atoms with E-state index in [-0.39, 0.29) is 13.2 Å². The molecule has 0 heterocycles. The second kappa shape index (κ2) is 9.28. The SMILES string of the molecule is COC(=O)c1cc(OCCOc2ccc(C(=O)OC)c(C)c2Cl)ccc1C. The van der Waals surface area contributed by atoms with Gasteiger partial charge in [0, 0.05) is 0 Å². The van der Waals surface area contributed by atoms with Gasteiger partial charge in [-0.15, -0.1) is 0 Å². The van der Waals surface area contributed by atoms with Crippen LogP contribution in [0.3, 0.4) is 0 Å². The van der Waals surface area contributed by atoms with Gasteiger partial charge in [-0.05, 0) is 49.2 Å². The first-order chi connectivity index (χ1) is 12.9. The van der Waals surface area contributed by atoms with E-state index >= 15 is 0 Å². The van der Waals surface area contributed by atoms with Crippen molar-refractivity contribution >= 4 is 23.5 Å². The standard InChI is InChI=1S/C20H21ClO6/c1-12-5-6-14(11-16(12)20(23)25-4)26-9-10-27-17-8-7-15(19(22)24-3)13(2)18(17)21/h5-8,11H,9-10H2,1-4H3. The Labute approximate surface area is 162 Å². The number of carbonyl (C=O) groups is 2. The normalized spacial score (nSPS) is 10.3. The van der Waals surface area contributed by atoms with Crippen LogP contribution in [0.2, 0.25) is 5.02 Å². The molecule has 0 aliphatic carbocycles. The maximum Gasteiger partial charge on any atom is 0.338 e. The summed E-state index contributed by atoms with van der Waals surface area (Å²) in [6.07, 6.45) is 0. The molecule has 0 atom stereocenters. The van der Waals surface area contributed by atoms with Crippen molar-refractivity contribution in [2.24, 2.45) is 0 Å². The number of hydrogen-bond donors (Lipinski definition) is 0. The van der Waals surface area contributed by atoms with Gasteiger partial charge in [0.15, 0.2) is 0 Å². The Hall–Kier alpha value is -2.73. The van der Waals surface area contributed by atoms with Gasteiger partial charge in [0.25, 0.3) is 0 Å². The van der Waals surface area contributed by atoms with Gasteiger partial charge in [0.05, 0.1) is 30.4 Å². The van der Waals surface area contributed by atoms with Crippen LogP contribution in [0.1, 0.15) is 31.8 Å². The molecule has 2 rings (SSSR count). The van der Waals surface area contributed by atoms with Crippen molar-refractivity contribution in [1.29, 1.82) is 0 Å². The van der Waals surface area contributed by atoms with Crippen molar-refractivity contribution in [2.75, 3.05) is 27.4 Å². The number of esters is 2. The molecule has 144 valence electrons. The van der Waals surface area contributed by atoms with E-state index in [1.54, 1.807) is 37.3 Å². The molecule has 27 heavy (non-hydrogen) atoms. The van der Waals surface area contributed by atoms with Gasteiger partial charge in [-0.3, -0.25) is 0 Å². The Balaban J connectivity index is 1.97. The fraction of sp³-hybridized carbons (Fsp3) is 0.300. The lowest BCUT2D eigenvalue weighted by Crippen LogP contribution is -2.11. The third kappa shape index (κ3) is 4.92. The zero-order valence-electron chi connectivity index (χ0n) is 15.6. The van der Waals surface area contributed by atoms with Crippen LogP contribution in [0, 0.1) is 13.8 Å². The molecule has 0 spiro atoms. The van der Waals surface area contributed by atoms with Crippen molar-refractivity contribution in [3.05, 3.63) is 57.6 Å². The number of carbonyl (C=O) groups excluding carboxylic acids is 2. The zero-order chi connectivity index (χ0) is 20.0. The van der Waals surface area contributed by atoms with Gasteiger partial charge >= 0.3 is 11.9 Å². The molecule has 0 unspecified atom stereocenters. The van der Waals surface area contributed by atoms with Gasteiger partial charge < -0.3 is 18.9 Å². The van der Waals surface area contributed by atoms with E-state index in [0.29, 0.717) is 33.2 Å². The van der Waals surface area contributed by atoms with Gasteiger partial charge in [0.1, 0.15) is 24.7 Å². The average Bonchev–Trinajstić information content (AvgIpc) is 2.68. The Morgan fingerprint density at radius 3 is 2.19 bits per heavy atom. The second-order valence-electron chi connectivity index (χ2n) is 5.71. The monoisotopic (exact) mass is 392 g/mol. The highest BCUT2D eigenvalue weighted by atomic mass is 35.5. The summed E-state index contributed by atoms with van der Waals surface area (Å²) >= 11 is 6.26. The molecule has 2 aromatic carbocycles. The molecule has 6 nitrogen and oxygen atoms in total. The fourth-order valence-electron chi connectivity index (χ4n) is 2.43. The van der Waals surface area contributed by atoms with Crippen molar-refractivity contribution in [3.8, 4) is 11.5 Å². The Kier molecular flexibility index (Phi) is 7.07. The smallest absolute Gasteiger partial charge is 0.338 e. The van der Waals surface area contributed by atoms with Crippen molar-refractivity contribution in [2.45, 2.75) is 13.8 Å². The number of benzene rings is 2.